The van der Waals surface area contributed by atoms with Crippen LogP contribution < -0.4 is 10.9 Å². The number of hydrogen-bond acceptors (Lipinski definition) is 5. The summed E-state index contributed by atoms with van der Waals surface area (Å²) in [5, 5.41) is 8.96. The number of anilines is 1. The van der Waals surface area contributed by atoms with Crippen LogP contribution in [0.25, 0.3) is 10.2 Å². The van der Waals surface area contributed by atoms with Crippen molar-refractivity contribution in [2.75, 3.05) is 5.32 Å². The van der Waals surface area contributed by atoms with Crippen LogP contribution in [-0.2, 0) is 18.4 Å². The summed E-state index contributed by atoms with van der Waals surface area (Å²) in [5.74, 6) is -0.295. The van der Waals surface area contributed by atoms with Crippen LogP contribution >= 0.6 is 11.3 Å². The maximum atomic E-state index is 12.1. The van der Waals surface area contributed by atoms with Gasteiger partial charge in [0.25, 0.3) is 5.56 Å². The van der Waals surface area contributed by atoms with E-state index in [-0.39, 0.29) is 18.0 Å². The number of hydrogen-bond donors (Lipinski definition) is 1. The molecule has 0 unspecified atom stereocenters. The summed E-state index contributed by atoms with van der Waals surface area (Å²) >= 11 is 1.40. The lowest BCUT2D eigenvalue weighted by Crippen LogP contribution is -2.27. The van der Waals surface area contributed by atoms with Crippen LogP contribution in [0.4, 0.5) is 5.69 Å². The number of amides is 1. The number of thiophene rings is 1. The van der Waals surface area contributed by atoms with E-state index >= 15 is 0 Å². The minimum absolute atomic E-state index is 0.0769. The lowest BCUT2D eigenvalue weighted by atomic mass is 10.4. The Morgan fingerprint density at radius 1 is 1.50 bits per heavy atom. The maximum Gasteiger partial charge on any atom is 0.262 e. The van der Waals surface area contributed by atoms with Gasteiger partial charge in [-0.2, -0.15) is 5.10 Å². The summed E-state index contributed by atoms with van der Waals surface area (Å²) in [6.45, 7) is -0.0769. The van der Waals surface area contributed by atoms with Crippen molar-refractivity contribution in [1.82, 2.24) is 19.3 Å². The van der Waals surface area contributed by atoms with Crippen LogP contribution in [0.5, 0.6) is 0 Å². The van der Waals surface area contributed by atoms with Crippen molar-refractivity contribution >= 4 is 33.1 Å². The Bertz CT molecular complexity index is 832. The molecule has 0 aliphatic heterocycles. The van der Waals surface area contributed by atoms with Gasteiger partial charge in [0.2, 0.25) is 5.91 Å². The van der Waals surface area contributed by atoms with Gasteiger partial charge in [-0.05, 0) is 11.4 Å². The zero-order valence-corrected chi connectivity index (χ0v) is 11.4. The third kappa shape index (κ3) is 2.32. The molecule has 1 N–H and O–H groups in total. The quantitative estimate of drug-likeness (QED) is 0.774. The number of carbonyl (C=O) groups is 1. The number of nitrogens with zero attached hydrogens (tertiary/aromatic N) is 4. The van der Waals surface area contributed by atoms with E-state index < -0.39 is 0 Å². The molecule has 0 aromatic carbocycles. The summed E-state index contributed by atoms with van der Waals surface area (Å²) in [6.07, 6.45) is 4.62. The molecular weight excluding hydrogens is 278 g/mol. The second-order valence-corrected chi connectivity index (χ2v) is 5.16. The Morgan fingerprint density at radius 2 is 2.35 bits per heavy atom. The molecule has 3 aromatic heterocycles. The van der Waals surface area contributed by atoms with Gasteiger partial charge in [-0.25, -0.2) is 4.98 Å². The Morgan fingerprint density at radius 3 is 3.10 bits per heavy atom. The highest BCUT2D eigenvalue weighted by molar-refractivity contribution is 7.16. The standard InChI is InChI=1S/C12H11N5O2S/c1-16-5-8(4-14-16)15-10(18)6-17-7-13-11-9(12(17)19)2-3-20-11/h2-5,7H,6H2,1H3,(H,15,18). The summed E-state index contributed by atoms with van der Waals surface area (Å²) in [7, 11) is 1.76. The minimum atomic E-state index is -0.295. The second-order valence-electron chi connectivity index (χ2n) is 4.27. The van der Waals surface area contributed by atoms with Gasteiger partial charge in [0, 0.05) is 13.2 Å². The van der Waals surface area contributed by atoms with Gasteiger partial charge in [0.05, 0.1) is 23.6 Å². The Labute approximate surface area is 117 Å². The van der Waals surface area contributed by atoms with Gasteiger partial charge in [-0.15, -0.1) is 11.3 Å². The van der Waals surface area contributed by atoms with Gasteiger partial charge in [-0.1, -0.05) is 0 Å². The fraction of sp³-hybridized carbons (Fsp3) is 0.167. The number of rotatable bonds is 3. The van der Waals surface area contributed by atoms with E-state index in [0.717, 1.165) is 0 Å². The molecule has 7 nitrogen and oxygen atoms in total. The molecular formula is C12H11N5O2S. The first-order valence-corrected chi connectivity index (χ1v) is 6.72. The van der Waals surface area contributed by atoms with Crippen molar-refractivity contribution in [1.29, 1.82) is 0 Å². The van der Waals surface area contributed by atoms with Crippen molar-refractivity contribution < 1.29 is 4.79 Å². The average Bonchev–Trinajstić information content (AvgIpc) is 3.02. The number of carbonyl (C=O) groups excluding carboxylic acids is 1. The van der Waals surface area contributed by atoms with E-state index in [9.17, 15) is 9.59 Å². The first-order valence-electron chi connectivity index (χ1n) is 5.84. The predicted molar refractivity (Wildman–Crippen MR) is 75.7 cm³/mol. The molecule has 0 fully saturated rings. The zero-order chi connectivity index (χ0) is 14.1. The normalized spacial score (nSPS) is 10.8. The Hall–Kier alpha value is -2.48. The summed E-state index contributed by atoms with van der Waals surface area (Å²) in [5.41, 5.74) is 0.382. The molecule has 0 saturated heterocycles. The molecule has 3 rings (SSSR count). The van der Waals surface area contributed by atoms with E-state index in [4.69, 9.17) is 0 Å². The van der Waals surface area contributed by atoms with Gasteiger partial charge >= 0.3 is 0 Å². The first kappa shape index (κ1) is 12.5. The van der Waals surface area contributed by atoms with Gasteiger partial charge in [-0.3, -0.25) is 18.8 Å². The van der Waals surface area contributed by atoms with Gasteiger partial charge < -0.3 is 5.32 Å². The summed E-state index contributed by atoms with van der Waals surface area (Å²) < 4.78 is 2.88. The van der Waals surface area contributed by atoms with Crippen LogP contribution in [-0.4, -0.2) is 25.2 Å². The lowest BCUT2D eigenvalue weighted by Gasteiger charge is -2.05. The largest absolute Gasteiger partial charge is 0.322 e. The van der Waals surface area contributed by atoms with E-state index in [2.05, 4.69) is 15.4 Å². The fourth-order valence-electron chi connectivity index (χ4n) is 1.85. The SMILES string of the molecule is Cn1cc(NC(=O)Cn2cnc3sccc3c2=O)cn1. The van der Waals surface area contributed by atoms with Crippen LogP contribution in [0.3, 0.4) is 0 Å². The van der Waals surface area contributed by atoms with Crippen molar-refractivity contribution in [3.05, 3.63) is 40.5 Å². The highest BCUT2D eigenvalue weighted by atomic mass is 32.1. The molecule has 0 bridgehead atoms. The predicted octanol–water partition coefficient (Wildman–Crippen LogP) is 0.830. The number of aromatic nitrogens is 4. The molecule has 3 heterocycles. The minimum Gasteiger partial charge on any atom is -0.322 e. The zero-order valence-electron chi connectivity index (χ0n) is 10.6. The van der Waals surface area contributed by atoms with Crippen molar-refractivity contribution in [2.45, 2.75) is 6.54 Å². The van der Waals surface area contributed by atoms with Crippen molar-refractivity contribution in [2.24, 2.45) is 7.05 Å². The highest BCUT2D eigenvalue weighted by Gasteiger charge is 2.09. The fourth-order valence-corrected chi connectivity index (χ4v) is 2.57. The van der Waals surface area contributed by atoms with Crippen LogP contribution in [0.15, 0.2) is 35.0 Å². The first-order chi connectivity index (χ1) is 9.63. The molecule has 20 heavy (non-hydrogen) atoms. The molecule has 8 heteroatoms. The third-order valence-corrected chi connectivity index (χ3v) is 3.57. The van der Waals surface area contributed by atoms with Gasteiger partial charge in [0.15, 0.2) is 0 Å². The molecule has 1 amide bonds. The molecule has 0 radical (unpaired) electrons. The summed E-state index contributed by atoms with van der Waals surface area (Å²) in [6, 6.07) is 1.71. The topological polar surface area (TPSA) is 81.8 Å². The lowest BCUT2D eigenvalue weighted by molar-refractivity contribution is -0.116. The maximum absolute atomic E-state index is 12.1. The number of fused-ring (bicyclic) bond motifs is 1. The monoisotopic (exact) mass is 289 g/mol. The van der Waals surface area contributed by atoms with E-state index in [0.29, 0.717) is 15.9 Å². The van der Waals surface area contributed by atoms with E-state index in [1.54, 1.807) is 35.6 Å². The van der Waals surface area contributed by atoms with E-state index in [1.807, 2.05) is 0 Å². The van der Waals surface area contributed by atoms with Crippen molar-refractivity contribution in [3.8, 4) is 0 Å². The third-order valence-electron chi connectivity index (χ3n) is 2.75. The molecule has 0 aliphatic rings. The smallest absolute Gasteiger partial charge is 0.262 e. The number of nitrogens with one attached hydrogen (secondary N) is 1. The highest BCUT2D eigenvalue weighted by Crippen LogP contribution is 2.13. The molecule has 3 aromatic rings. The van der Waals surface area contributed by atoms with Crippen LogP contribution in [0, 0.1) is 0 Å². The summed E-state index contributed by atoms with van der Waals surface area (Å²) in [4.78, 5) is 28.8. The Kier molecular flexibility index (Phi) is 3.07. The Balaban J connectivity index is 1.80. The van der Waals surface area contributed by atoms with Crippen molar-refractivity contribution in [3.63, 3.8) is 0 Å². The average molecular weight is 289 g/mol. The van der Waals surface area contributed by atoms with Crippen LogP contribution in [0.2, 0.25) is 0 Å². The molecule has 102 valence electrons. The number of aryl methyl sites for hydroxylation is 1. The molecule has 0 aliphatic carbocycles. The molecule has 0 saturated carbocycles. The second kappa shape index (κ2) is 4.89. The molecule has 0 spiro atoms. The van der Waals surface area contributed by atoms with E-state index in [1.165, 1.54) is 22.2 Å². The van der Waals surface area contributed by atoms with Crippen LogP contribution in [0.1, 0.15) is 0 Å². The molecule has 0 atom stereocenters. The van der Waals surface area contributed by atoms with Gasteiger partial charge in [0.1, 0.15) is 11.4 Å².